The first-order valence-corrected chi connectivity index (χ1v) is 5.12. The van der Waals surface area contributed by atoms with Gasteiger partial charge in [0.1, 0.15) is 0 Å². The summed E-state index contributed by atoms with van der Waals surface area (Å²) in [5, 5.41) is 9.07. The van der Waals surface area contributed by atoms with Crippen LogP contribution in [0, 0.1) is 0 Å². The summed E-state index contributed by atoms with van der Waals surface area (Å²) in [4.78, 5) is 2.53. The third-order valence-corrected chi connectivity index (χ3v) is 2.76. The smallest absolute Gasteiger partial charge is 0.0512 e. The maximum absolute atomic E-state index is 9.07. The molecule has 1 heterocycles. The summed E-state index contributed by atoms with van der Waals surface area (Å²) < 4.78 is 0. The Labute approximate surface area is 75.6 Å². The van der Waals surface area contributed by atoms with Crippen molar-refractivity contribution >= 4 is 0 Å². The predicted octanol–water partition coefficient (Wildman–Crippen LogP) is 1.63. The van der Waals surface area contributed by atoms with Gasteiger partial charge < -0.3 is 10.0 Å². The molecule has 0 radical (unpaired) electrons. The first-order valence-electron chi connectivity index (χ1n) is 5.12. The minimum absolute atomic E-state index is 0.122. The van der Waals surface area contributed by atoms with Gasteiger partial charge in [0.2, 0.25) is 0 Å². The molecular weight excluding hydrogens is 150 g/mol. The number of hydrogen-bond donors (Lipinski definition) is 1. The second kappa shape index (κ2) is 4.83. The normalized spacial score (nSPS) is 27.8. The van der Waals surface area contributed by atoms with Gasteiger partial charge in [-0.15, -0.1) is 0 Å². The van der Waals surface area contributed by atoms with E-state index in [4.69, 9.17) is 5.11 Å². The van der Waals surface area contributed by atoms with E-state index >= 15 is 0 Å². The third-order valence-electron chi connectivity index (χ3n) is 2.76. The molecule has 2 atom stereocenters. The number of aliphatic hydroxyl groups is 1. The average Bonchev–Trinajstić information content (AvgIpc) is 2.36. The Bertz CT molecular complexity index is 125. The minimum atomic E-state index is -0.122. The summed E-state index contributed by atoms with van der Waals surface area (Å²) in [6.45, 7) is 6.61. The van der Waals surface area contributed by atoms with Crippen LogP contribution < -0.4 is 0 Å². The van der Waals surface area contributed by atoms with Gasteiger partial charge in [-0.2, -0.15) is 0 Å². The molecule has 2 nitrogen and oxygen atoms in total. The first kappa shape index (κ1) is 10.0. The van der Waals surface area contributed by atoms with Gasteiger partial charge in [-0.25, -0.2) is 0 Å². The van der Waals surface area contributed by atoms with Gasteiger partial charge in [0.25, 0.3) is 0 Å². The number of rotatable bonds is 4. The van der Waals surface area contributed by atoms with Gasteiger partial charge in [0.05, 0.1) is 6.10 Å². The van der Waals surface area contributed by atoms with Crippen LogP contribution in [0.3, 0.4) is 0 Å². The zero-order valence-electron chi connectivity index (χ0n) is 8.29. The summed E-state index contributed by atoms with van der Waals surface area (Å²) in [6.07, 6.45) is 4.68. The quantitative estimate of drug-likeness (QED) is 0.695. The van der Waals surface area contributed by atoms with E-state index in [1.165, 1.54) is 25.9 Å². The summed E-state index contributed by atoms with van der Waals surface area (Å²) in [5.74, 6) is 0. The van der Waals surface area contributed by atoms with Gasteiger partial charge in [-0.05, 0) is 52.6 Å². The lowest BCUT2D eigenvalue weighted by atomic mass is 10.2. The topological polar surface area (TPSA) is 23.5 Å². The Hall–Kier alpha value is -0.0800. The first-order chi connectivity index (χ1) is 5.70. The molecule has 0 aromatic rings. The molecule has 0 amide bonds. The lowest BCUT2D eigenvalue weighted by Gasteiger charge is -2.20. The van der Waals surface area contributed by atoms with E-state index in [9.17, 15) is 0 Å². The van der Waals surface area contributed by atoms with Crippen molar-refractivity contribution in [2.24, 2.45) is 0 Å². The van der Waals surface area contributed by atoms with E-state index in [2.05, 4.69) is 11.8 Å². The molecule has 1 aliphatic rings. The Kier molecular flexibility index (Phi) is 4.02. The fourth-order valence-electron chi connectivity index (χ4n) is 1.91. The van der Waals surface area contributed by atoms with Crippen molar-refractivity contribution < 1.29 is 5.11 Å². The Morgan fingerprint density at radius 3 is 2.83 bits per heavy atom. The number of hydrogen-bond acceptors (Lipinski definition) is 2. The van der Waals surface area contributed by atoms with Crippen molar-refractivity contribution in [1.82, 2.24) is 4.90 Å². The number of nitrogens with zero attached hydrogens (tertiary/aromatic N) is 1. The van der Waals surface area contributed by atoms with Crippen LogP contribution in [0.15, 0.2) is 0 Å². The van der Waals surface area contributed by atoms with Crippen LogP contribution in [0.2, 0.25) is 0 Å². The Balaban J connectivity index is 2.06. The highest BCUT2D eigenvalue weighted by Crippen LogP contribution is 2.16. The molecule has 0 aromatic heterocycles. The number of aliphatic hydroxyl groups excluding tert-OH is 1. The molecule has 2 unspecified atom stereocenters. The lowest BCUT2D eigenvalue weighted by molar-refractivity contribution is 0.169. The second-order valence-electron chi connectivity index (χ2n) is 4.02. The molecule has 12 heavy (non-hydrogen) atoms. The molecule has 2 heteroatoms. The standard InChI is InChI=1S/C10H21NO/c1-9-5-3-7-11(9)8-4-6-10(2)12/h9-10,12H,3-8H2,1-2H3. The molecular formula is C10H21NO. The summed E-state index contributed by atoms with van der Waals surface area (Å²) in [5.41, 5.74) is 0. The molecule has 1 fully saturated rings. The van der Waals surface area contributed by atoms with Crippen LogP contribution in [0.1, 0.15) is 39.5 Å². The highest BCUT2D eigenvalue weighted by Gasteiger charge is 2.18. The average molecular weight is 171 g/mol. The van der Waals surface area contributed by atoms with Gasteiger partial charge in [-0.3, -0.25) is 0 Å². The molecule has 1 aliphatic heterocycles. The molecule has 0 aromatic carbocycles. The largest absolute Gasteiger partial charge is 0.393 e. The van der Waals surface area contributed by atoms with Crippen molar-refractivity contribution in [2.45, 2.75) is 51.7 Å². The van der Waals surface area contributed by atoms with Gasteiger partial charge >= 0.3 is 0 Å². The molecule has 1 saturated heterocycles. The maximum Gasteiger partial charge on any atom is 0.0512 e. The predicted molar refractivity (Wildman–Crippen MR) is 51.2 cm³/mol. The lowest BCUT2D eigenvalue weighted by Crippen LogP contribution is -2.28. The number of likely N-dealkylation sites (tertiary alicyclic amines) is 1. The highest BCUT2D eigenvalue weighted by molar-refractivity contribution is 4.74. The van der Waals surface area contributed by atoms with Crippen molar-refractivity contribution in [3.63, 3.8) is 0 Å². The van der Waals surface area contributed by atoms with Gasteiger partial charge in [0, 0.05) is 6.04 Å². The van der Waals surface area contributed by atoms with E-state index in [0.717, 1.165) is 18.9 Å². The van der Waals surface area contributed by atoms with Crippen LogP contribution in [-0.4, -0.2) is 35.2 Å². The van der Waals surface area contributed by atoms with E-state index in [1.807, 2.05) is 6.92 Å². The molecule has 1 rings (SSSR count). The molecule has 0 spiro atoms. The third kappa shape index (κ3) is 3.11. The minimum Gasteiger partial charge on any atom is -0.393 e. The van der Waals surface area contributed by atoms with Crippen LogP contribution in [0.4, 0.5) is 0 Å². The van der Waals surface area contributed by atoms with E-state index in [1.54, 1.807) is 0 Å². The molecule has 72 valence electrons. The van der Waals surface area contributed by atoms with Crippen LogP contribution in [0.25, 0.3) is 0 Å². The second-order valence-corrected chi connectivity index (χ2v) is 4.02. The van der Waals surface area contributed by atoms with E-state index in [-0.39, 0.29) is 6.10 Å². The van der Waals surface area contributed by atoms with Crippen molar-refractivity contribution in [1.29, 1.82) is 0 Å². The fourth-order valence-corrected chi connectivity index (χ4v) is 1.91. The summed E-state index contributed by atoms with van der Waals surface area (Å²) >= 11 is 0. The molecule has 0 aliphatic carbocycles. The van der Waals surface area contributed by atoms with Gasteiger partial charge in [0.15, 0.2) is 0 Å². The summed E-state index contributed by atoms with van der Waals surface area (Å²) in [7, 11) is 0. The van der Waals surface area contributed by atoms with Crippen molar-refractivity contribution in [2.75, 3.05) is 13.1 Å². The van der Waals surface area contributed by atoms with Crippen LogP contribution in [0.5, 0.6) is 0 Å². The molecule has 0 saturated carbocycles. The highest BCUT2D eigenvalue weighted by atomic mass is 16.3. The fraction of sp³-hybridized carbons (Fsp3) is 1.00. The van der Waals surface area contributed by atoms with Crippen molar-refractivity contribution in [3.05, 3.63) is 0 Å². The van der Waals surface area contributed by atoms with Crippen LogP contribution in [-0.2, 0) is 0 Å². The Morgan fingerprint density at radius 2 is 2.33 bits per heavy atom. The van der Waals surface area contributed by atoms with E-state index in [0.29, 0.717) is 0 Å². The maximum atomic E-state index is 9.07. The zero-order valence-corrected chi connectivity index (χ0v) is 8.29. The SMILES string of the molecule is CC(O)CCCN1CCCC1C. The van der Waals surface area contributed by atoms with Gasteiger partial charge in [-0.1, -0.05) is 0 Å². The summed E-state index contributed by atoms with van der Waals surface area (Å²) in [6, 6.07) is 0.777. The monoisotopic (exact) mass is 171 g/mol. The van der Waals surface area contributed by atoms with E-state index < -0.39 is 0 Å². The molecule has 0 bridgehead atoms. The molecule has 1 N–H and O–H groups in total. The van der Waals surface area contributed by atoms with Crippen LogP contribution >= 0.6 is 0 Å². The Morgan fingerprint density at radius 1 is 1.58 bits per heavy atom. The van der Waals surface area contributed by atoms with Crippen molar-refractivity contribution in [3.8, 4) is 0 Å². The zero-order chi connectivity index (χ0) is 8.97.